The second-order valence-corrected chi connectivity index (χ2v) is 10.4. The molecule has 1 amide bonds. The van der Waals surface area contributed by atoms with Crippen molar-refractivity contribution in [3.8, 4) is 17.0 Å². The highest BCUT2D eigenvalue weighted by atomic mass is 16.5. The van der Waals surface area contributed by atoms with Gasteiger partial charge in [0, 0.05) is 37.8 Å². The Hall–Kier alpha value is -3.96. The molecule has 0 spiro atoms. The summed E-state index contributed by atoms with van der Waals surface area (Å²) in [4.78, 5) is 26.4. The zero-order valence-corrected chi connectivity index (χ0v) is 22.3. The quantitative estimate of drug-likeness (QED) is 0.384. The molecule has 1 aliphatic heterocycles. The standard InChI is InChI=1S/C28H34N8O3/c1-34-11-13-35(14-12-34)19-6-8-20(9-7-19)36-27-24(26(29)30-17-31-27)25(33-36)18-5-10-21(23(16-18)38-2)32-28(37)22-4-3-15-39-22/h3-5,10,15-17,19-20H,6-9,11-14H2,1-2H3,(H,32,37)(H2,29,30,31). The van der Waals surface area contributed by atoms with Gasteiger partial charge in [-0.2, -0.15) is 5.10 Å². The number of nitrogen functional groups attached to an aromatic ring is 1. The van der Waals surface area contributed by atoms with Gasteiger partial charge in [0.05, 0.1) is 30.5 Å². The van der Waals surface area contributed by atoms with Crippen LogP contribution in [0.5, 0.6) is 5.75 Å². The van der Waals surface area contributed by atoms with Crippen LogP contribution in [-0.2, 0) is 0 Å². The summed E-state index contributed by atoms with van der Waals surface area (Å²) >= 11 is 0. The van der Waals surface area contributed by atoms with Gasteiger partial charge in [-0.1, -0.05) is 6.07 Å². The zero-order valence-electron chi connectivity index (χ0n) is 22.3. The smallest absolute Gasteiger partial charge is 0.291 e. The van der Waals surface area contributed by atoms with Crippen molar-refractivity contribution in [2.75, 3.05) is 51.4 Å². The Kier molecular flexibility index (Phi) is 6.92. The first-order valence-electron chi connectivity index (χ1n) is 13.5. The van der Waals surface area contributed by atoms with Crippen LogP contribution in [0.25, 0.3) is 22.3 Å². The molecule has 6 rings (SSSR count). The van der Waals surface area contributed by atoms with Gasteiger partial charge in [0.15, 0.2) is 11.4 Å². The van der Waals surface area contributed by atoms with Gasteiger partial charge in [-0.15, -0.1) is 0 Å². The zero-order chi connectivity index (χ0) is 26.9. The fourth-order valence-electron chi connectivity index (χ4n) is 5.84. The summed E-state index contributed by atoms with van der Waals surface area (Å²) < 4.78 is 12.9. The number of nitrogens with zero attached hydrogens (tertiary/aromatic N) is 6. The SMILES string of the molecule is COc1cc(-c2nn(C3CCC(N4CCN(C)CC4)CC3)c3ncnc(N)c23)ccc1NC(=O)c1ccco1. The van der Waals surface area contributed by atoms with Crippen LogP contribution in [-0.4, -0.2) is 81.8 Å². The van der Waals surface area contributed by atoms with E-state index in [0.29, 0.717) is 29.0 Å². The molecule has 1 aliphatic carbocycles. The van der Waals surface area contributed by atoms with E-state index in [0.717, 1.165) is 68.5 Å². The van der Waals surface area contributed by atoms with Crippen molar-refractivity contribution in [1.82, 2.24) is 29.5 Å². The lowest BCUT2D eigenvalue weighted by Gasteiger charge is -2.41. The molecule has 3 N–H and O–H groups in total. The topological polar surface area (TPSA) is 128 Å². The molecule has 2 aliphatic rings. The Balaban J connectivity index is 1.27. The summed E-state index contributed by atoms with van der Waals surface area (Å²) in [6.07, 6.45) is 7.33. The van der Waals surface area contributed by atoms with Crippen molar-refractivity contribution in [1.29, 1.82) is 0 Å². The van der Waals surface area contributed by atoms with Gasteiger partial charge < -0.3 is 25.1 Å². The normalized spacial score (nSPS) is 20.8. The molecular weight excluding hydrogens is 496 g/mol. The van der Waals surface area contributed by atoms with E-state index in [9.17, 15) is 4.79 Å². The Morgan fingerprint density at radius 1 is 1.08 bits per heavy atom. The number of amides is 1. The van der Waals surface area contributed by atoms with Gasteiger partial charge in [-0.05, 0) is 57.0 Å². The third-order valence-corrected chi connectivity index (χ3v) is 8.05. The molecule has 1 aromatic carbocycles. The van der Waals surface area contributed by atoms with Crippen molar-refractivity contribution in [2.45, 2.75) is 37.8 Å². The van der Waals surface area contributed by atoms with Crippen LogP contribution in [0, 0.1) is 0 Å². The Morgan fingerprint density at radius 3 is 2.56 bits per heavy atom. The number of benzene rings is 1. The minimum Gasteiger partial charge on any atom is -0.495 e. The largest absolute Gasteiger partial charge is 0.495 e. The predicted molar refractivity (Wildman–Crippen MR) is 149 cm³/mol. The molecule has 0 unspecified atom stereocenters. The van der Waals surface area contributed by atoms with Crippen LogP contribution >= 0.6 is 0 Å². The molecule has 0 atom stereocenters. The second kappa shape index (κ2) is 10.7. The average Bonchev–Trinajstić information content (AvgIpc) is 3.64. The number of likely N-dealkylation sites (N-methyl/N-ethyl adjacent to an activating group) is 1. The molecule has 11 heteroatoms. The first-order valence-corrected chi connectivity index (χ1v) is 13.5. The maximum absolute atomic E-state index is 12.5. The number of fused-ring (bicyclic) bond motifs is 1. The Labute approximate surface area is 226 Å². The predicted octanol–water partition coefficient (Wildman–Crippen LogP) is 3.66. The molecule has 0 bridgehead atoms. The number of nitrogens with one attached hydrogen (secondary N) is 1. The number of rotatable bonds is 6. The number of anilines is 2. The van der Waals surface area contributed by atoms with Crippen molar-refractivity contribution < 1.29 is 13.9 Å². The fourth-order valence-corrected chi connectivity index (χ4v) is 5.84. The number of aromatic nitrogens is 4. The number of carbonyl (C=O) groups excluding carboxylic acids is 1. The lowest BCUT2D eigenvalue weighted by molar-refractivity contribution is 0.0815. The Bertz CT molecular complexity index is 1450. The molecule has 0 radical (unpaired) electrons. The minimum atomic E-state index is -0.356. The van der Waals surface area contributed by atoms with E-state index in [1.54, 1.807) is 25.3 Å². The number of nitrogens with two attached hydrogens (primary N) is 1. The van der Waals surface area contributed by atoms with Crippen molar-refractivity contribution in [3.63, 3.8) is 0 Å². The van der Waals surface area contributed by atoms with E-state index in [1.807, 2.05) is 16.8 Å². The summed E-state index contributed by atoms with van der Waals surface area (Å²) in [6.45, 7) is 4.56. The molecule has 4 aromatic rings. The molecule has 4 heterocycles. The van der Waals surface area contributed by atoms with Crippen LogP contribution in [0.4, 0.5) is 11.5 Å². The monoisotopic (exact) mass is 530 g/mol. The van der Waals surface area contributed by atoms with E-state index in [1.165, 1.54) is 12.6 Å². The molecule has 11 nitrogen and oxygen atoms in total. The number of piperazine rings is 1. The maximum atomic E-state index is 12.5. The van der Waals surface area contributed by atoms with E-state index in [2.05, 4.69) is 32.1 Å². The molecule has 204 valence electrons. The van der Waals surface area contributed by atoms with Crippen molar-refractivity contribution in [2.24, 2.45) is 0 Å². The van der Waals surface area contributed by atoms with Gasteiger partial charge in [0.25, 0.3) is 5.91 Å². The summed E-state index contributed by atoms with van der Waals surface area (Å²) in [7, 11) is 3.76. The number of carbonyl (C=O) groups is 1. The van der Waals surface area contributed by atoms with Crippen LogP contribution in [0.2, 0.25) is 0 Å². The third-order valence-electron chi connectivity index (χ3n) is 8.05. The summed E-state index contributed by atoms with van der Waals surface area (Å²) in [5.74, 6) is 0.753. The van der Waals surface area contributed by atoms with E-state index >= 15 is 0 Å². The lowest BCUT2D eigenvalue weighted by Crippen LogP contribution is -2.49. The van der Waals surface area contributed by atoms with E-state index in [4.69, 9.17) is 20.0 Å². The molecule has 1 saturated heterocycles. The summed E-state index contributed by atoms with van der Waals surface area (Å²) in [5, 5.41) is 8.63. The number of ether oxygens (including phenoxy) is 1. The summed E-state index contributed by atoms with van der Waals surface area (Å²) in [5.41, 5.74) is 9.15. The minimum absolute atomic E-state index is 0.220. The van der Waals surface area contributed by atoms with E-state index in [-0.39, 0.29) is 17.7 Å². The highest BCUT2D eigenvalue weighted by molar-refractivity contribution is 6.04. The third kappa shape index (κ3) is 4.95. The number of methoxy groups -OCH3 is 1. The van der Waals surface area contributed by atoms with Gasteiger partial charge in [0.1, 0.15) is 23.6 Å². The molecule has 39 heavy (non-hydrogen) atoms. The summed E-state index contributed by atoms with van der Waals surface area (Å²) in [6, 6.07) is 9.68. The number of hydrogen-bond donors (Lipinski definition) is 2. The van der Waals surface area contributed by atoms with E-state index < -0.39 is 0 Å². The Morgan fingerprint density at radius 2 is 1.85 bits per heavy atom. The first-order chi connectivity index (χ1) is 19.0. The number of furan rings is 1. The van der Waals surface area contributed by atoms with Crippen molar-refractivity contribution in [3.05, 3.63) is 48.7 Å². The molecular formula is C28H34N8O3. The molecule has 1 saturated carbocycles. The van der Waals surface area contributed by atoms with Crippen LogP contribution in [0.1, 0.15) is 42.3 Å². The average molecular weight is 531 g/mol. The molecule has 2 fully saturated rings. The van der Waals surface area contributed by atoms with Crippen LogP contribution in [0.3, 0.4) is 0 Å². The maximum Gasteiger partial charge on any atom is 0.291 e. The second-order valence-electron chi connectivity index (χ2n) is 10.4. The van der Waals surface area contributed by atoms with Crippen LogP contribution < -0.4 is 15.8 Å². The highest BCUT2D eigenvalue weighted by Crippen LogP contribution is 2.39. The van der Waals surface area contributed by atoms with Gasteiger partial charge in [-0.25, -0.2) is 14.6 Å². The van der Waals surface area contributed by atoms with Gasteiger partial charge in [0.2, 0.25) is 0 Å². The molecule has 3 aromatic heterocycles. The number of hydrogen-bond acceptors (Lipinski definition) is 9. The van der Waals surface area contributed by atoms with Crippen LogP contribution in [0.15, 0.2) is 47.3 Å². The van der Waals surface area contributed by atoms with Crippen molar-refractivity contribution >= 4 is 28.4 Å². The fraction of sp³-hybridized carbons (Fsp3) is 0.429. The lowest BCUT2D eigenvalue weighted by atomic mass is 9.90. The first kappa shape index (κ1) is 25.3. The van der Waals surface area contributed by atoms with Gasteiger partial charge in [-0.3, -0.25) is 9.69 Å². The highest BCUT2D eigenvalue weighted by Gasteiger charge is 2.31. The van der Waals surface area contributed by atoms with Gasteiger partial charge >= 0.3 is 0 Å².